The van der Waals surface area contributed by atoms with Crippen LogP contribution in [0.1, 0.15) is 40.9 Å². The maximum Gasteiger partial charge on any atom is 0.251 e. The first kappa shape index (κ1) is 20.3. The van der Waals surface area contributed by atoms with Crippen LogP contribution in [0.15, 0.2) is 48.5 Å². The molecule has 1 atom stereocenters. The Labute approximate surface area is 159 Å². The van der Waals surface area contributed by atoms with E-state index >= 15 is 0 Å². The van der Waals surface area contributed by atoms with Gasteiger partial charge in [0.1, 0.15) is 0 Å². The van der Waals surface area contributed by atoms with Gasteiger partial charge in [-0.25, -0.2) is 0 Å². The first-order valence-electron chi connectivity index (χ1n) is 8.99. The number of carbonyl (C=O) groups is 1. The smallest absolute Gasteiger partial charge is 0.251 e. The summed E-state index contributed by atoms with van der Waals surface area (Å²) in [7, 11) is -0.915. The Kier molecular flexibility index (Phi) is 8.01. The number of nitrogens with one attached hydrogen (secondary N) is 1. The van der Waals surface area contributed by atoms with Gasteiger partial charge in [-0.1, -0.05) is 50.2 Å². The summed E-state index contributed by atoms with van der Waals surface area (Å²) >= 11 is 0. The molecule has 0 aromatic heterocycles. The van der Waals surface area contributed by atoms with Crippen molar-refractivity contribution in [3.05, 3.63) is 70.8 Å². The molecule has 2 aromatic rings. The quantitative estimate of drug-likeness (QED) is 0.734. The van der Waals surface area contributed by atoms with Gasteiger partial charge < -0.3 is 5.32 Å². The number of amides is 1. The molecule has 2 rings (SSSR count). The third-order valence-electron chi connectivity index (χ3n) is 4.34. The summed E-state index contributed by atoms with van der Waals surface area (Å²) in [5, 5.41) is 2.95. The summed E-state index contributed by atoms with van der Waals surface area (Å²) in [6.45, 7) is 7.86. The van der Waals surface area contributed by atoms with Gasteiger partial charge in [0, 0.05) is 41.5 Å². The van der Waals surface area contributed by atoms with Crippen molar-refractivity contribution in [3.8, 4) is 0 Å². The van der Waals surface area contributed by atoms with Crippen molar-refractivity contribution in [3.63, 3.8) is 0 Å². The zero-order valence-electron chi connectivity index (χ0n) is 15.8. The maximum atomic E-state index is 12.4. The van der Waals surface area contributed by atoms with E-state index in [1.54, 1.807) is 12.3 Å². The number of hydrogen-bond acceptors (Lipinski definition) is 3. The molecule has 0 aliphatic heterocycles. The van der Waals surface area contributed by atoms with Crippen molar-refractivity contribution < 1.29 is 9.00 Å². The fraction of sp³-hybridized carbons (Fsp3) is 0.381. The van der Waals surface area contributed by atoms with Gasteiger partial charge >= 0.3 is 0 Å². The second kappa shape index (κ2) is 10.2. The summed E-state index contributed by atoms with van der Waals surface area (Å²) < 4.78 is 11.3. The SMILES string of the molecule is CCN(CC)Cc1ccc(CNC(=O)c2cccc(CS(C)=O)c2)cc1. The normalized spacial score (nSPS) is 12.2. The molecule has 1 unspecified atom stereocenters. The number of hydrogen-bond donors (Lipinski definition) is 1. The summed E-state index contributed by atoms with van der Waals surface area (Å²) in [6, 6.07) is 15.7. The molecular weight excluding hydrogens is 344 g/mol. The van der Waals surface area contributed by atoms with E-state index in [1.165, 1.54) is 5.56 Å². The van der Waals surface area contributed by atoms with Crippen LogP contribution >= 0.6 is 0 Å². The molecule has 140 valence electrons. The average molecular weight is 373 g/mol. The molecule has 0 radical (unpaired) electrons. The Morgan fingerprint density at radius 1 is 1.00 bits per heavy atom. The Bertz CT molecular complexity index is 740. The van der Waals surface area contributed by atoms with Crippen LogP contribution in [-0.4, -0.2) is 34.4 Å². The molecule has 26 heavy (non-hydrogen) atoms. The Morgan fingerprint density at radius 2 is 1.65 bits per heavy atom. The number of carbonyl (C=O) groups excluding carboxylic acids is 1. The van der Waals surface area contributed by atoms with Crippen molar-refractivity contribution in [1.29, 1.82) is 0 Å². The minimum atomic E-state index is -0.915. The molecule has 0 spiro atoms. The third-order valence-corrected chi connectivity index (χ3v) is 5.08. The molecule has 1 N–H and O–H groups in total. The minimum absolute atomic E-state index is 0.110. The fourth-order valence-electron chi connectivity index (χ4n) is 2.79. The van der Waals surface area contributed by atoms with Crippen LogP contribution in [-0.2, 0) is 29.6 Å². The number of nitrogens with zero attached hydrogens (tertiary/aromatic N) is 1. The van der Waals surface area contributed by atoms with E-state index in [2.05, 4.69) is 48.3 Å². The van der Waals surface area contributed by atoms with Crippen LogP contribution in [0.4, 0.5) is 0 Å². The van der Waals surface area contributed by atoms with Crippen molar-refractivity contribution >= 4 is 16.7 Å². The molecule has 0 fully saturated rings. The van der Waals surface area contributed by atoms with E-state index < -0.39 is 10.8 Å². The van der Waals surface area contributed by atoms with Crippen LogP contribution in [0.3, 0.4) is 0 Å². The second-order valence-electron chi connectivity index (χ2n) is 6.38. The monoisotopic (exact) mass is 372 g/mol. The predicted octanol–water partition coefficient (Wildman–Crippen LogP) is 3.34. The fourth-order valence-corrected chi connectivity index (χ4v) is 3.44. The Morgan fingerprint density at radius 3 is 2.27 bits per heavy atom. The van der Waals surface area contributed by atoms with Crippen LogP contribution in [0.25, 0.3) is 0 Å². The highest BCUT2D eigenvalue weighted by Gasteiger charge is 2.07. The Balaban J connectivity index is 1.92. The van der Waals surface area contributed by atoms with Crippen molar-refractivity contribution in [2.75, 3.05) is 19.3 Å². The number of benzene rings is 2. The van der Waals surface area contributed by atoms with E-state index in [1.807, 2.05) is 18.2 Å². The summed E-state index contributed by atoms with van der Waals surface area (Å²) in [5.41, 5.74) is 3.88. The van der Waals surface area contributed by atoms with Crippen LogP contribution in [0.2, 0.25) is 0 Å². The highest BCUT2D eigenvalue weighted by atomic mass is 32.2. The maximum absolute atomic E-state index is 12.4. The van der Waals surface area contributed by atoms with Crippen molar-refractivity contribution in [2.24, 2.45) is 0 Å². The first-order chi connectivity index (χ1) is 12.5. The van der Waals surface area contributed by atoms with E-state index in [9.17, 15) is 9.00 Å². The van der Waals surface area contributed by atoms with Crippen LogP contribution in [0, 0.1) is 0 Å². The van der Waals surface area contributed by atoms with Gasteiger partial charge in [-0.3, -0.25) is 13.9 Å². The lowest BCUT2D eigenvalue weighted by Gasteiger charge is -2.18. The predicted molar refractivity (Wildman–Crippen MR) is 108 cm³/mol. The molecule has 2 aromatic carbocycles. The topological polar surface area (TPSA) is 49.4 Å². The number of rotatable bonds is 9. The Hall–Kier alpha value is -1.98. The van der Waals surface area contributed by atoms with Gasteiger partial charge in [0.25, 0.3) is 5.91 Å². The lowest BCUT2D eigenvalue weighted by molar-refractivity contribution is 0.0951. The van der Waals surface area contributed by atoms with Crippen LogP contribution in [0.5, 0.6) is 0 Å². The molecule has 0 aliphatic carbocycles. The standard InChI is InChI=1S/C21H28N2O2S/c1-4-23(5-2)15-18-11-9-17(10-12-18)14-22-21(24)20-8-6-7-19(13-20)16-26(3)25/h6-13H,4-5,14-16H2,1-3H3,(H,22,24). The van der Waals surface area contributed by atoms with E-state index in [4.69, 9.17) is 0 Å². The second-order valence-corrected chi connectivity index (χ2v) is 7.81. The van der Waals surface area contributed by atoms with Gasteiger partial charge in [0.15, 0.2) is 0 Å². The zero-order valence-corrected chi connectivity index (χ0v) is 16.6. The summed E-state index contributed by atoms with van der Waals surface area (Å²) in [4.78, 5) is 14.7. The average Bonchev–Trinajstić information content (AvgIpc) is 2.64. The molecule has 4 nitrogen and oxygen atoms in total. The molecule has 0 heterocycles. The van der Waals surface area contributed by atoms with Crippen LogP contribution < -0.4 is 5.32 Å². The summed E-state index contributed by atoms with van der Waals surface area (Å²) in [6.07, 6.45) is 1.66. The molecule has 0 bridgehead atoms. The highest BCUT2D eigenvalue weighted by molar-refractivity contribution is 7.83. The molecule has 0 aliphatic rings. The summed E-state index contributed by atoms with van der Waals surface area (Å²) in [5.74, 6) is 0.357. The highest BCUT2D eigenvalue weighted by Crippen LogP contribution is 2.10. The van der Waals surface area contributed by atoms with Gasteiger partial charge in [0.05, 0.1) is 0 Å². The van der Waals surface area contributed by atoms with Crippen molar-refractivity contribution in [2.45, 2.75) is 32.7 Å². The first-order valence-corrected chi connectivity index (χ1v) is 10.7. The largest absolute Gasteiger partial charge is 0.348 e. The molecule has 0 saturated heterocycles. The van der Waals surface area contributed by atoms with Crippen molar-refractivity contribution in [1.82, 2.24) is 10.2 Å². The molecular formula is C21H28N2O2S. The van der Waals surface area contributed by atoms with Gasteiger partial charge in [-0.2, -0.15) is 0 Å². The van der Waals surface area contributed by atoms with E-state index in [0.717, 1.165) is 30.8 Å². The van der Waals surface area contributed by atoms with E-state index in [0.29, 0.717) is 17.9 Å². The van der Waals surface area contributed by atoms with Gasteiger partial charge in [0.2, 0.25) is 0 Å². The molecule has 5 heteroatoms. The van der Waals surface area contributed by atoms with Gasteiger partial charge in [-0.15, -0.1) is 0 Å². The van der Waals surface area contributed by atoms with Gasteiger partial charge in [-0.05, 0) is 41.9 Å². The lowest BCUT2D eigenvalue weighted by Crippen LogP contribution is -2.23. The minimum Gasteiger partial charge on any atom is -0.348 e. The third kappa shape index (κ3) is 6.39. The zero-order chi connectivity index (χ0) is 18.9. The van der Waals surface area contributed by atoms with E-state index in [-0.39, 0.29) is 5.91 Å². The lowest BCUT2D eigenvalue weighted by atomic mass is 10.1. The molecule has 0 saturated carbocycles. The molecule has 1 amide bonds.